The van der Waals surface area contributed by atoms with Crippen LogP contribution in [0.3, 0.4) is 0 Å². The summed E-state index contributed by atoms with van der Waals surface area (Å²) in [6.07, 6.45) is -0.754. The standard InChI is InChI=1S/C17H24N2O5/c1-11(12-5-4-6-13(7-12)24-3)17(23)19-8-14(15(20)9-19)18(2)10-16(21)22/h4-7,11,14-15,20H,8-10H2,1-3H3,(H,21,22)/t11-,14+,15+/m0/s1. The highest BCUT2D eigenvalue weighted by Gasteiger charge is 2.38. The molecule has 1 amide bonds. The van der Waals surface area contributed by atoms with E-state index in [1.807, 2.05) is 31.2 Å². The van der Waals surface area contributed by atoms with Gasteiger partial charge in [0.05, 0.1) is 31.7 Å². The number of carbonyl (C=O) groups excluding carboxylic acids is 1. The fraction of sp³-hybridized carbons (Fsp3) is 0.529. The van der Waals surface area contributed by atoms with Crippen LogP contribution >= 0.6 is 0 Å². The third-order valence-corrected chi connectivity index (χ3v) is 4.49. The van der Waals surface area contributed by atoms with Crippen LogP contribution in [-0.2, 0) is 9.59 Å². The molecule has 132 valence electrons. The number of carboxylic acid groups (broad SMARTS) is 1. The zero-order chi connectivity index (χ0) is 17.9. The first-order valence-corrected chi connectivity index (χ1v) is 7.86. The van der Waals surface area contributed by atoms with Crippen LogP contribution in [0.1, 0.15) is 18.4 Å². The molecule has 0 bridgehead atoms. The highest BCUT2D eigenvalue weighted by molar-refractivity contribution is 5.84. The van der Waals surface area contributed by atoms with Crippen LogP contribution in [0, 0.1) is 0 Å². The van der Waals surface area contributed by atoms with E-state index in [-0.39, 0.29) is 31.0 Å². The minimum absolute atomic E-state index is 0.0893. The number of nitrogens with zero attached hydrogens (tertiary/aromatic N) is 2. The van der Waals surface area contributed by atoms with E-state index in [1.54, 1.807) is 24.0 Å². The zero-order valence-electron chi connectivity index (χ0n) is 14.2. The molecule has 0 aliphatic carbocycles. The molecule has 1 fully saturated rings. The van der Waals surface area contributed by atoms with Crippen molar-refractivity contribution in [3.8, 4) is 5.75 Å². The number of aliphatic hydroxyl groups excluding tert-OH is 1. The minimum Gasteiger partial charge on any atom is -0.497 e. The second-order valence-corrected chi connectivity index (χ2v) is 6.19. The van der Waals surface area contributed by atoms with E-state index in [0.29, 0.717) is 12.3 Å². The lowest BCUT2D eigenvalue weighted by Crippen LogP contribution is -2.43. The Labute approximate surface area is 141 Å². The number of carboxylic acids is 1. The van der Waals surface area contributed by atoms with Gasteiger partial charge in [-0.2, -0.15) is 0 Å². The number of ether oxygens (including phenoxy) is 1. The third-order valence-electron chi connectivity index (χ3n) is 4.49. The first kappa shape index (κ1) is 18.2. The van der Waals surface area contributed by atoms with Gasteiger partial charge in [-0.05, 0) is 31.7 Å². The summed E-state index contributed by atoms with van der Waals surface area (Å²) < 4.78 is 5.19. The Kier molecular flexibility index (Phi) is 5.80. The van der Waals surface area contributed by atoms with Crippen molar-refractivity contribution < 1.29 is 24.5 Å². The third kappa shape index (κ3) is 4.04. The maximum Gasteiger partial charge on any atom is 0.317 e. The summed E-state index contributed by atoms with van der Waals surface area (Å²) in [6, 6.07) is 6.97. The van der Waals surface area contributed by atoms with Gasteiger partial charge in [0.15, 0.2) is 0 Å². The van der Waals surface area contributed by atoms with Crippen LogP contribution in [-0.4, -0.2) is 77.8 Å². The van der Waals surface area contributed by atoms with Gasteiger partial charge in [-0.3, -0.25) is 14.5 Å². The van der Waals surface area contributed by atoms with Crippen LogP contribution in [0.5, 0.6) is 5.75 Å². The highest BCUT2D eigenvalue weighted by atomic mass is 16.5. The highest BCUT2D eigenvalue weighted by Crippen LogP contribution is 2.25. The van der Waals surface area contributed by atoms with E-state index in [1.165, 1.54) is 0 Å². The van der Waals surface area contributed by atoms with Gasteiger partial charge >= 0.3 is 5.97 Å². The number of hydrogen-bond acceptors (Lipinski definition) is 5. The van der Waals surface area contributed by atoms with Crippen LogP contribution in [0.15, 0.2) is 24.3 Å². The predicted molar refractivity (Wildman–Crippen MR) is 88.0 cm³/mol. The Morgan fingerprint density at radius 3 is 2.75 bits per heavy atom. The Hall–Kier alpha value is -2.12. The van der Waals surface area contributed by atoms with E-state index in [4.69, 9.17) is 9.84 Å². The summed E-state index contributed by atoms with van der Waals surface area (Å²) in [5.74, 6) is -0.726. The number of rotatable bonds is 6. The Bertz CT molecular complexity index is 606. The lowest BCUT2D eigenvalue weighted by molar-refractivity contribution is -0.138. The van der Waals surface area contributed by atoms with Gasteiger partial charge in [-0.25, -0.2) is 0 Å². The van der Waals surface area contributed by atoms with E-state index >= 15 is 0 Å². The molecule has 0 unspecified atom stereocenters. The van der Waals surface area contributed by atoms with Gasteiger partial charge in [0, 0.05) is 13.1 Å². The van der Waals surface area contributed by atoms with Gasteiger partial charge in [0.1, 0.15) is 5.75 Å². The van der Waals surface area contributed by atoms with Crippen molar-refractivity contribution in [2.24, 2.45) is 0 Å². The van der Waals surface area contributed by atoms with Gasteiger partial charge in [-0.15, -0.1) is 0 Å². The molecule has 3 atom stereocenters. The average molecular weight is 336 g/mol. The summed E-state index contributed by atoms with van der Waals surface area (Å²) in [5, 5.41) is 19.1. The largest absolute Gasteiger partial charge is 0.497 e. The molecular weight excluding hydrogens is 312 g/mol. The summed E-state index contributed by atoms with van der Waals surface area (Å²) >= 11 is 0. The molecule has 0 saturated carbocycles. The number of aliphatic carboxylic acids is 1. The SMILES string of the molecule is COc1cccc([C@H](C)C(=O)N2C[C@@H](O)[C@H](N(C)CC(=O)O)C2)c1. The monoisotopic (exact) mass is 336 g/mol. The van der Waals surface area contributed by atoms with Gasteiger partial charge in [-0.1, -0.05) is 12.1 Å². The van der Waals surface area contributed by atoms with Crippen molar-refractivity contribution in [2.75, 3.05) is 33.8 Å². The molecule has 24 heavy (non-hydrogen) atoms. The fourth-order valence-electron chi connectivity index (χ4n) is 3.04. The Balaban J connectivity index is 2.05. The number of amides is 1. The fourth-order valence-corrected chi connectivity index (χ4v) is 3.04. The molecule has 0 radical (unpaired) electrons. The number of aliphatic hydroxyl groups is 1. The van der Waals surface area contributed by atoms with Gasteiger partial charge < -0.3 is 19.8 Å². The number of methoxy groups -OCH3 is 1. The average Bonchev–Trinajstić information content (AvgIpc) is 2.94. The quantitative estimate of drug-likeness (QED) is 0.781. The topological polar surface area (TPSA) is 90.3 Å². The molecule has 1 heterocycles. The summed E-state index contributed by atoms with van der Waals surface area (Å²) in [5.41, 5.74) is 0.844. The maximum absolute atomic E-state index is 12.7. The smallest absolute Gasteiger partial charge is 0.317 e. The molecule has 2 N–H and O–H groups in total. The molecule has 1 saturated heterocycles. The van der Waals surface area contributed by atoms with E-state index < -0.39 is 12.1 Å². The lowest BCUT2D eigenvalue weighted by Gasteiger charge is -2.25. The number of carbonyl (C=O) groups is 2. The van der Waals surface area contributed by atoms with Crippen LogP contribution in [0.2, 0.25) is 0 Å². The molecule has 1 aliphatic rings. The number of likely N-dealkylation sites (tertiary alicyclic amines) is 1. The number of β-amino-alcohol motifs (C(OH)–C–C–N with tert-alkyl or cyclic N) is 1. The number of likely N-dealkylation sites (N-methyl/N-ethyl adjacent to an activating group) is 1. The van der Waals surface area contributed by atoms with E-state index in [0.717, 1.165) is 5.56 Å². The van der Waals surface area contributed by atoms with Crippen molar-refractivity contribution in [3.63, 3.8) is 0 Å². The van der Waals surface area contributed by atoms with Crippen molar-refractivity contribution >= 4 is 11.9 Å². The zero-order valence-corrected chi connectivity index (χ0v) is 14.2. The number of benzene rings is 1. The van der Waals surface area contributed by atoms with Crippen molar-refractivity contribution in [3.05, 3.63) is 29.8 Å². The normalized spacial score (nSPS) is 21.8. The minimum atomic E-state index is -0.959. The predicted octanol–water partition coefficient (Wildman–Crippen LogP) is 0.387. The lowest BCUT2D eigenvalue weighted by atomic mass is 9.99. The molecule has 7 heteroatoms. The Morgan fingerprint density at radius 2 is 2.12 bits per heavy atom. The molecule has 1 aromatic rings. The molecule has 1 aromatic carbocycles. The van der Waals surface area contributed by atoms with Crippen LogP contribution in [0.25, 0.3) is 0 Å². The summed E-state index contributed by atoms with van der Waals surface area (Å²) in [6.45, 7) is 2.17. The van der Waals surface area contributed by atoms with Crippen molar-refractivity contribution in [1.82, 2.24) is 9.80 Å². The van der Waals surface area contributed by atoms with Gasteiger partial charge in [0.25, 0.3) is 0 Å². The second kappa shape index (κ2) is 7.63. The van der Waals surface area contributed by atoms with Crippen LogP contribution in [0.4, 0.5) is 0 Å². The second-order valence-electron chi connectivity index (χ2n) is 6.19. The first-order valence-electron chi connectivity index (χ1n) is 7.86. The summed E-state index contributed by atoms with van der Waals surface area (Å²) in [7, 11) is 3.22. The van der Waals surface area contributed by atoms with Crippen molar-refractivity contribution in [2.45, 2.75) is 25.0 Å². The first-order chi connectivity index (χ1) is 11.3. The molecule has 7 nitrogen and oxygen atoms in total. The van der Waals surface area contributed by atoms with Crippen LogP contribution < -0.4 is 4.74 Å². The maximum atomic E-state index is 12.7. The molecule has 0 spiro atoms. The molecule has 0 aromatic heterocycles. The Morgan fingerprint density at radius 1 is 1.42 bits per heavy atom. The molecule has 1 aliphatic heterocycles. The number of hydrogen-bond donors (Lipinski definition) is 2. The summed E-state index contributed by atoms with van der Waals surface area (Å²) in [4.78, 5) is 26.7. The van der Waals surface area contributed by atoms with Crippen molar-refractivity contribution in [1.29, 1.82) is 0 Å². The van der Waals surface area contributed by atoms with E-state index in [2.05, 4.69) is 0 Å². The van der Waals surface area contributed by atoms with Gasteiger partial charge in [0.2, 0.25) is 5.91 Å². The van der Waals surface area contributed by atoms with E-state index in [9.17, 15) is 14.7 Å². The molecular formula is C17H24N2O5. The molecule has 2 rings (SSSR count).